The minimum absolute atomic E-state index is 0.213. The second-order valence-corrected chi connectivity index (χ2v) is 9.02. The molecule has 3 aliphatic rings. The molecule has 6 heteroatoms. The van der Waals surface area contributed by atoms with E-state index >= 15 is 0 Å². The van der Waals surface area contributed by atoms with E-state index in [2.05, 4.69) is 17.1 Å². The number of nitrogens with one attached hydrogen (secondary N) is 1. The molecular formula is C15H27N3O2S. The summed E-state index contributed by atoms with van der Waals surface area (Å²) in [6.45, 7) is 5.82. The number of likely N-dealkylation sites (tertiary alicyclic amines) is 1. The summed E-state index contributed by atoms with van der Waals surface area (Å²) in [5, 5.41) is 3.38. The van der Waals surface area contributed by atoms with Gasteiger partial charge in [-0.25, -0.2) is 8.42 Å². The van der Waals surface area contributed by atoms with Gasteiger partial charge in [-0.1, -0.05) is 0 Å². The van der Waals surface area contributed by atoms with Gasteiger partial charge in [-0.2, -0.15) is 0 Å². The zero-order valence-corrected chi connectivity index (χ0v) is 13.7. The van der Waals surface area contributed by atoms with Crippen LogP contribution in [0, 0.1) is 17.8 Å². The van der Waals surface area contributed by atoms with Crippen LogP contribution in [0.2, 0.25) is 0 Å². The second-order valence-electron chi connectivity index (χ2n) is 6.80. The second kappa shape index (κ2) is 6.15. The lowest BCUT2D eigenvalue weighted by atomic mass is 10.0. The van der Waals surface area contributed by atoms with Gasteiger partial charge in [-0.05, 0) is 50.4 Å². The molecule has 1 saturated carbocycles. The van der Waals surface area contributed by atoms with Crippen LogP contribution in [-0.4, -0.2) is 57.0 Å². The van der Waals surface area contributed by atoms with Gasteiger partial charge < -0.3 is 10.2 Å². The Labute approximate surface area is 128 Å². The monoisotopic (exact) mass is 313 g/mol. The van der Waals surface area contributed by atoms with Gasteiger partial charge in [0.15, 0.2) is 15.8 Å². The summed E-state index contributed by atoms with van der Waals surface area (Å²) in [7, 11) is -2.79. The Balaban J connectivity index is 1.57. The minimum atomic E-state index is -2.79. The Bertz CT molecular complexity index is 499. The van der Waals surface area contributed by atoms with E-state index in [1.807, 2.05) is 0 Å². The SMILES string of the molecule is CCNC(=NCC1CCS(=O)(=O)C1)N1CCC(C2CC2)C1. The zero-order chi connectivity index (χ0) is 14.9. The molecule has 3 rings (SSSR count). The van der Waals surface area contributed by atoms with Crippen molar-refractivity contribution in [2.24, 2.45) is 22.7 Å². The van der Waals surface area contributed by atoms with Crippen molar-refractivity contribution < 1.29 is 8.42 Å². The molecule has 0 aromatic heterocycles. The number of hydrogen-bond donors (Lipinski definition) is 1. The van der Waals surface area contributed by atoms with Crippen molar-refractivity contribution in [3.8, 4) is 0 Å². The van der Waals surface area contributed by atoms with Crippen LogP contribution in [0.4, 0.5) is 0 Å². The van der Waals surface area contributed by atoms with Gasteiger partial charge in [-0.3, -0.25) is 4.99 Å². The van der Waals surface area contributed by atoms with Crippen LogP contribution in [0.15, 0.2) is 4.99 Å². The molecule has 1 aliphatic carbocycles. The first-order valence-corrected chi connectivity index (χ1v) is 10.1. The largest absolute Gasteiger partial charge is 0.357 e. The van der Waals surface area contributed by atoms with Crippen LogP contribution in [0.3, 0.4) is 0 Å². The fourth-order valence-electron chi connectivity index (χ4n) is 3.59. The molecule has 2 atom stereocenters. The van der Waals surface area contributed by atoms with Gasteiger partial charge >= 0.3 is 0 Å². The molecule has 0 radical (unpaired) electrons. The molecule has 120 valence electrons. The number of aliphatic imine (C=N–C) groups is 1. The van der Waals surface area contributed by atoms with Crippen LogP contribution in [0.1, 0.15) is 32.6 Å². The normalized spacial score (nSPS) is 32.6. The van der Waals surface area contributed by atoms with E-state index in [1.54, 1.807) is 0 Å². The average Bonchev–Trinajstić information content (AvgIpc) is 3.07. The third-order valence-electron chi connectivity index (χ3n) is 4.97. The maximum atomic E-state index is 11.5. The fraction of sp³-hybridized carbons (Fsp3) is 0.933. The van der Waals surface area contributed by atoms with Crippen LogP contribution in [-0.2, 0) is 9.84 Å². The Morgan fingerprint density at radius 1 is 1.24 bits per heavy atom. The number of rotatable bonds is 4. The minimum Gasteiger partial charge on any atom is -0.357 e. The molecule has 3 fully saturated rings. The quantitative estimate of drug-likeness (QED) is 0.624. The topological polar surface area (TPSA) is 61.8 Å². The van der Waals surface area contributed by atoms with E-state index in [9.17, 15) is 8.42 Å². The maximum absolute atomic E-state index is 11.5. The van der Waals surface area contributed by atoms with Gasteiger partial charge in [-0.15, -0.1) is 0 Å². The Morgan fingerprint density at radius 3 is 2.67 bits per heavy atom. The Morgan fingerprint density at radius 2 is 2.05 bits per heavy atom. The Hall–Kier alpha value is -0.780. The van der Waals surface area contributed by atoms with E-state index in [0.29, 0.717) is 18.1 Å². The first kappa shape index (κ1) is 15.1. The molecule has 2 saturated heterocycles. The summed E-state index contributed by atoms with van der Waals surface area (Å²) in [6, 6.07) is 0. The van der Waals surface area contributed by atoms with E-state index < -0.39 is 9.84 Å². The van der Waals surface area contributed by atoms with Crippen molar-refractivity contribution >= 4 is 15.8 Å². The van der Waals surface area contributed by atoms with Crippen molar-refractivity contribution in [1.29, 1.82) is 0 Å². The first-order valence-electron chi connectivity index (χ1n) is 8.31. The highest BCUT2D eigenvalue weighted by Crippen LogP contribution is 2.41. The summed E-state index contributed by atoms with van der Waals surface area (Å²) in [4.78, 5) is 7.10. The highest BCUT2D eigenvalue weighted by molar-refractivity contribution is 7.91. The number of sulfone groups is 1. The zero-order valence-electron chi connectivity index (χ0n) is 12.9. The lowest BCUT2D eigenvalue weighted by Crippen LogP contribution is -2.40. The molecule has 21 heavy (non-hydrogen) atoms. The van der Waals surface area contributed by atoms with Gasteiger partial charge in [0.05, 0.1) is 11.5 Å². The van der Waals surface area contributed by atoms with Gasteiger partial charge in [0, 0.05) is 26.2 Å². The molecule has 0 bridgehead atoms. The van der Waals surface area contributed by atoms with E-state index in [4.69, 9.17) is 4.99 Å². The summed E-state index contributed by atoms with van der Waals surface area (Å²) in [5.41, 5.74) is 0. The van der Waals surface area contributed by atoms with E-state index in [-0.39, 0.29) is 5.92 Å². The number of guanidine groups is 1. The molecule has 0 aromatic rings. The smallest absolute Gasteiger partial charge is 0.193 e. The highest BCUT2D eigenvalue weighted by atomic mass is 32.2. The molecule has 5 nitrogen and oxygen atoms in total. The average molecular weight is 313 g/mol. The van der Waals surface area contributed by atoms with Crippen LogP contribution in [0.25, 0.3) is 0 Å². The molecular weight excluding hydrogens is 286 g/mol. The molecule has 0 spiro atoms. The summed E-state index contributed by atoms with van der Waals surface area (Å²) >= 11 is 0. The molecule has 0 amide bonds. The summed E-state index contributed by atoms with van der Waals surface area (Å²) in [5.74, 6) is 3.67. The van der Waals surface area contributed by atoms with E-state index in [1.165, 1.54) is 19.3 Å². The lowest BCUT2D eigenvalue weighted by molar-refractivity contribution is 0.434. The maximum Gasteiger partial charge on any atom is 0.193 e. The van der Waals surface area contributed by atoms with Crippen molar-refractivity contribution in [3.63, 3.8) is 0 Å². The molecule has 2 aliphatic heterocycles. The van der Waals surface area contributed by atoms with Crippen molar-refractivity contribution in [2.75, 3.05) is 37.7 Å². The lowest BCUT2D eigenvalue weighted by Gasteiger charge is -2.22. The molecule has 1 N–H and O–H groups in total. The van der Waals surface area contributed by atoms with Gasteiger partial charge in [0.25, 0.3) is 0 Å². The fourth-order valence-corrected chi connectivity index (χ4v) is 5.44. The number of hydrogen-bond acceptors (Lipinski definition) is 3. The first-order chi connectivity index (χ1) is 10.1. The highest BCUT2D eigenvalue weighted by Gasteiger charge is 2.36. The number of nitrogens with zero attached hydrogens (tertiary/aromatic N) is 2. The van der Waals surface area contributed by atoms with Crippen LogP contribution in [0.5, 0.6) is 0 Å². The molecule has 2 heterocycles. The van der Waals surface area contributed by atoms with Crippen molar-refractivity contribution in [1.82, 2.24) is 10.2 Å². The van der Waals surface area contributed by atoms with Gasteiger partial charge in [0.2, 0.25) is 0 Å². The van der Waals surface area contributed by atoms with Crippen LogP contribution < -0.4 is 5.32 Å². The molecule has 0 aromatic carbocycles. The Kier molecular flexibility index (Phi) is 4.43. The standard InChI is InChI=1S/C15H27N3O2S/c1-2-16-15(17-9-12-6-8-21(19,20)11-12)18-7-5-14(10-18)13-3-4-13/h12-14H,2-11H2,1H3,(H,16,17). The molecule has 2 unspecified atom stereocenters. The third-order valence-corrected chi connectivity index (χ3v) is 6.81. The predicted molar refractivity (Wildman–Crippen MR) is 85.1 cm³/mol. The van der Waals surface area contributed by atoms with E-state index in [0.717, 1.165) is 43.9 Å². The third kappa shape index (κ3) is 3.90. The van der Waals surface area contributed by atoms with Crippen LogP contribution >= 0.6 is 0 Å². The summed E-state index contributed by atoms with van der Waals surface area (Å²) in [6.07, 6.45) is 4.88. The van der Waals surface area contributed by atoms with Crippen molar-refractivity contribution in [2.45, 2.75) is 32.6 Å². The predicted octanol–water partition coefficient (Wildman–Crippen LogP) is 1.12. The van der Waals surface area contributed by atoms with Crippen molar-refractivity contribution in [3.05, 3.63) is 0 Å². The van der Waals surface area contributed by atoms with Gasteiger partial charge in [0.1, 0.15) is 0 Å². The summed E-state index contributed by atoms with van der Waals surface area (Å²) < 4.78 is 23.0.